The minimum Gasteiger partial charge on any atom is -0.481 e. The molecule has 0 saturated heterocycles. The van der Waals surface area contributed by atoms with E-state index in [1.165, 1.54) is 7.11 Å². The molecule has 0 unspecified atom stereocenters. The summed E-state index contributed by atoms with van der Waals surface area (Å²) in [5, 5.41) is 8.92. The van der Waals surface area contributed by atoms with Crippen LogP contribution in [0.3, 0.4) is 0 Å². The third-order valence-electron chi connectivity index (χ3n) is 1.85. The van der Waals surface area contributed by atoms with Crippen molar-refractivity contribution in [1.29, 1.82) is 0 Å². The lowest BCUT2D eigenvalue weighted by atomic mass is 10.1. The van der Waals surface area contributed by atoms with E-state index in [9.17, 15) is 9.59 Å². The lowest BCUT2D eigenvalue weighted by molar-refractivity contribution is -0.140. The van der Waals surface area contributed by atoms with Gasteiger partial charge in [-0.25, -0.2) is 0 Å². The van der Waals surface area contributed by atoms with Gasteiger partial charge in [-0.05, 0) is 5.56 Å². The van der Waals surface area contributed by atoms with Gasteiger partial charge in [0.2, 0.25) is 0 Å². The molecule has 1 rings (SSSR count). The van der Waals surface area contributed by atoms with E-state index in [1.54, 1.807) is 0 Å². The van der Waals surface area contributed by atoms with Crippen LogP contribution in [-0.4, -0.2) is 24.2 Å². The zero-order chi connectivity index (χ0) is 12.3. The Morgan fingerprint density at radius 1 is 1.38 bits per heavy atom. The summed E-state index contributed by atoms with van der Waals surface area (Å²) in [4.78, 5) is 22.2. The van der Waals surface area contributed by atoms with Crippen LogP contribution in [-0.2, 0) is 27.2 Å². The molecule has 0 aliphatic rings. The molecule has 1 aromatic rings. The highest BCUT2D eigenvalue weighted by atomic mass is 35.5. The summed E-state index contributed by atoms with van der Waals surface area (Å²) in [6, 6.07) is 0. The fraction of sp³-hybridized carbons (Fsp3) is 0.333. The molecule has 0 aliphatic carbocycles. The second kappa shape index (κ2) is 5.52. The molecule has 0 amide bonds. The molecular weight excluding hydrogens is 275 g/mol. The average molecular weight is 283 g/mol. The average Bonchev–Trinajstić information content (AvgIpc) is 2.45. The zero-order valence-electron chi connectivity index (χ0n) is 8.25. The van der Waals surface area contributed by atoms with Crippen LogP contribution in [0.15, 0.2) is 0 Å². The first-order valence-electron chi connectivity index (χ1n) is 4.19. The highest BCUT2D eigenvalue weighted by Gasteiger charge is 2.20. The molecule has 0 aliphatic heterocycles. The Balaban J connectivity index is 3.03. The molecule has 0 bridgehead atoms. The van der Waals surface area contributed by atoms with Crippen LogP contribution in [0.25, 0.3) is 0 Å². The standard InChI is InChI=1S/C9H8Cl2O4S/c1-15-7(14)2-4-5(3-6(12)13)16-9(11)8(4)10/h2-3H2,1H3,(H,12,13). The maximum absolute atomic E-state index is 11.1. The van der Waals surface area contributed by atoms with Crippen LogP contribution in [0.5, 0.6) is 0 Å². The largest absolute Gasteiger partial charge is 0.481 e. The van der Waals surface area contributed by atoms with Gasteiger partial charge < -0.3 is 9.84 Å². The van der Waals surface area contributed by atoms with Crippen LogP contribution in [0.1, 0.15) is 10.4 Å². The van der Waals surface area contributed by atoms with Crippen LogP contribution in [0.2, 0.25) is 9.36 Å². The zero-order valence-corrected chi connectivity index (χ0v) is 10.6. The minimum absolute atomic E-state index is 0.0683. The summed E-state index contributed by atoms with van der Waals surface area (Å²) in [6.45, 7) is 0. The highest BCUT2D eigenvalue weighted by molar-refractivity contribution is 7.17. The molecule has 1 aromatic heterocycles. The summed E-state index contributed by atoms with van der Waals surface area (Å²) in [5.41, 5.74) is 0.436. The molecule has 0 saturated carbocycles. The predicted octanol–water partition coefficient (Wildman–Crippen LogP) is 2.40. The Morgan fingerprint density at radius 2 is 2.00 bits per heavy atom. The van der Waals surface area contributed by atoms with Crippen molar-refractivity contribution in [2.75, 3.05) is 7.11 Å². The first-order chi connectivity index (χ1) is 7.45. The number of aliphatic carboxylic acids is 1. The van der Waals surface area contributed by atoms with Gasteiger partial charge in [0, 0.05) is 4.88 Å². The Morgan fingerprint density at radius 3 is 2.50 bits per heavy atom. The van der Waals surface area contributed by atoms with Gasteiger partial charge in [0.05, 0.1) is 25.0 Å². The van der Waals surface area contributed by atoms with Crippen molar-refractivity contribution >= 4 is 46.5 Å². The number of carbonyl (C=O) groups excluding carboxylic acids is 1. The topological polar surface area (TPSA) is 63.6 Å². The molecule has 1 heterocycles. The Bertz CT molecular complexity index is 427. The van der Waals surface area contributed by atoms with Gasteiger partial charge >= 0.3 is 11.9 Å². The Labute approximate surface area is 106 Å². The van der Waals surface area contributed by atoms with Gasteiger partial charge in [-0.2, -0.15) is 0 Å². The first-order valence-corrected chi connectivity index (χ1v) is 5.77. The lowest BCUT2D eigenvalue weighted by Gasteiger charge is -2.01. The molecule has 88 valence electrons. The van der Waals surface area contributed by atoms with E-state index < -0.39 is 11.9 Å². The SMILES string of the molecule is COC(=O)Cc1c(CC(=O)O)sc(Cl)c1Cl. The number of carbonyl (C=O) groups is 2. The van der Waals surface area contributed by atoms with Crippen LogP contribution < -0.4 is 0 Å². The third kappa shape index (κ3) is 3.10. The van der Waals surface area contributed by atoms with Gasteiger partial charge in [-0.1, -0.05) is 23.2 Å². The second-order valence-corrected chi connectivity index (χ2v) is 5.00. The van der Waals surface area contributed by atoms with Crippen molar-refractivity contribution in [3.8, 4) is 0 Å². The molecule has 4 nitrogen and oxygen atoms in total. The van der Waals surface area contributed by atoms with Crippen molar-refractivity contribution in [2.24, 2.45) is 0 Å². The predicted molar refractivity (Wildman–Crippen MR) is 61.4 cm³/mol. The Hall–Kier alpha value is -0.780. The molecule has 16 heavy (non-hydrogen) atoms. The fourth-order valence-electron chi connectivity index (χ4n) is 1.13. The quantitative estimate of drug-likeness (QED) is 0.862. The van der Waals surface area contributed by atoms with Crippen LogP contribution >= 0.6 is 34.5 Å². The van der Waals surface area contributed by atoms with Gasteiger partial charge in [-0.3, -0.25) is 9.59 Å². The summed E-state index contributed by atoms with van der Waals surface area (Å²) >= 11 is 12.7. The molecular formula is C9H8Cl2O4S. The van der Waals surface area contributed by atoms with Crippen molar-refractivity contribution < 1.29 is 19.4 Å². The number of halogens is 2. The number of carboxylic acids is 1. The van der Waals surface area contributed by atoms with E-state index in [0.717, 1.165) is 11.3 Å². The van der Waals surface area contributed by atoms with E-state index in [-0.39, 0.29) is 22.2 Å². The normalized spacial score (nSPS) is 10.2. The minimum atomic E-state index is -0.999. The van der Waals surface area contributed by atoms with Crippen molar-refractivity contribution in [3.05, 3.63) is 19.8 Å². The number of hydrogen-bond acceptors (Lipinski definition) is 4. The summed E-state index contributed by atoms with van der Waals surface area (Å²) in [7, 11) is 1.25. The molecule has 0 spiro atoms. The van der Waals surface area contributed by atoms with Crippen molar-refractivity contribution in [1.82, 2.24) is 0 Å². The van der Waals surface area contributed by atoms with E-state index in [4.69, 9.17) is 28.3 Å². The summed E-state index contributed by atoms with van der Waals surface area (Å²) in [6.07, 6.45) is -0.273. The molecule has 1 N–H and O–H groups in total. The molecule has 0 fully saturated rings. The van der Waals surface area contributed by atoms with E-state index in [0.29, 0.717) is 10.4 Å². The maximum Gasteiger partial charge on any atom is 0.310 e. The van der Waals surface area contributed by atoms with E-state index in [1.807, 2.05) is 0 Å². The Kier molecular flexibility index (Phi) is 4.58. The number of rotatable bonds is 4. The van der Waals surface area contributed by atoms with Gasteiger partial charge in [0.1, 0.15) is 4.34 Å². The number of hydrogen-bond donors (Lipinski definition) is 1. The summed E-state index contributed by atoms with van der Waals surface area (Å²) in [5.74, 6) is -1.48. The summed E-state index contributed by atoms with van der Waals surface area (Å²) < 4.78 is 4.78. The number of thiophene rings is 1. The maximum atomic E-state index is 11.1. The van der Waals surface area contributed by atoms with Crippen molar-refractivity contribution in [2.45, 2.75) is 12.8 Å². The monoisotopic (exact) mass is 282 g/mol. The molecule has 0 aromatic carbocycles. The van der Waals surface area contributed by atoms with Gasteiger partial charge in [0.25, 0.3) is 0 Å². The highest BCUT2D eigenvalue weighted by Crippen LogP contribution is 2.37. The molecule has 7 heteroatoms. The molecule has 0 atom stereocenters. The number of carboxylic acid groups (broad SMARTS) is 1. The van der Waals surface area contributed by atoms with Crippen molar-refractivity contribution in [3.63, 3.8) is 0 Å². The number of esters is 1. The third-order valence-corrected chi connectivity index (χ3v) is 3.91. The van der Waals surface area contributed by atoms with Gasteiger partial charge in [-0.15, -0.1) is 11.3 Å². The van der Waals surface area contributed by atoms with E-state index >= 15 is 0 Å². The van der Waals surface area contributed by atoms with Gasteiger partial charge in [0.15, 0.2) is 0 Å². The molecule has 0 radical (unpaired) electrons. The van der Waals surface area contributed by atoms with E-state index in [2.05, 4.69) is 4.74 Å². The van der Waals surface area contributed by atoms with Crippen LogP contribution in [0, 0.1) is 0 Å². The first kappa shape index (κ1) is 13.3. The fourth-order valence-corrected chi connectivity index (χ4v) is 2.80. The van der Waals surface area contributed by atoms with Crippen LogP contribution in [0.4, 0.5) is 0 Å². The lowest BCUT2D eigenvalue weighted by Crippen LogP contribution is -2.07. The smallest absolute Gasteiger partial charge is 0.310 e. The second-order valence-electron chi connectivity index (χ2n) is 2.91. The number of methoxy groups -OCH3 is 1. The number of ether oxygens (including phenoxy) is 1.